The summed E-state index contributed by atoms with van der Waals surface area (Å²) < 4.78 is 74.5. The molecule has 6 rings (SSSR count). The number of nitrogens with zero attached hydrogens (tertiary/aromatic N) is 4. The third-order valence-corrected chi connectivity index (χ3v) is 7.12. The van der Waals surface area contributed by atoms with Gasteiger partial charge in [0.05, 0.1) is 13.1 Å². The van der Waals surface area contributed by atoms with Gasteiger partial charge in [0.2, 0.25) is 0 Å². The third-order valence-electron chi connectivity index (χ3n) is 7.12. The quantitative estimate of drug-likeness (QED) is 0.235. The second-order valence-corrected chi connectivity index (χ2v) is 11.8. The molecule has 17 nitrogen and oxygen atoms in total. The van der Waals surface area contributed by atoms with Gasteiger partial charge in [0.25, 0.3) is 0 Å². The molecular formula is C26H32Cl2CuN4O13. The van der Waals surface area contributed by atoms with Crippen LogP contribution in [0.4, 0.5) is 0 Å². The first kappa shape index (κ1) is 40.0. The Labute approximate surface area is 278 Å². The minimum atomic E-state index is -4.94. The number of hydrogen-bond donors (Lipinski definition) is 2. The Morgan fingerprint density at radius 3 is 1.20 bits per heavy atom. The molecule has 0 saturated carbocycles. The SMILES string of the molecule is O=C(O)CN1CCN2CCN(CC(=O)O)CCN(CC1)Cc1cccc3c1oc1c(cccc13)C2.[Cu+2].[O-][Cl+3]([O-])([O-])[O-].[O-][Cl+3]([O-])([O-])[O-]. The van der Waals surface area contributed by atoms with E-state index in [0.29, 0.717) is 65.4 Å². The summed E-state index contributed by atoms with van der Waals surface area (Å²) in [5.41, 5.74) is 3.96. The van der Waals surface area contributed by atoms with Crippen LogP contribution in [0.25, 0.3) is 21.9 Å². The fraction of sp³-hybridized carbons (Fsp3) is 0.462. The maximum atomic E-state index is 11.5. The Kier molecular flexibility index (Phi) is 15.5. The molecule has 0 unspecified atom stereocenters. The summed E-state index contributed by atoms with van der Waals surface area (Å²) in [6, 6.07) is 12.5. The molecular weight excluding hydrogens is 711 g/mol. The van der Waals surface area contributed by atoms with Crippen molar-refractivity contribution in [1.82, 2.24) is 19.6 Å². The number of carbonyl (C=O) groups is 2. The second kappa shape index (κ2) is 17.8. The first-order chi connectivity index (χ1) is 21.0. The largest absolute Gasteiger partial charge is 2.00 e. The number of furan rings is 1. The van der Waals surface area contributed by atoms with E-state index < -0.39 is 32.4 Å². The molecule has 0 spiro atoms. The zero-order chi connectivity index (χ0) is 33.4. The van der Waals surface area contributed by atoms with Crippen molar-refractivity contribution in [3.63, 3.8) is 0 Å². The Morgan fingerprint density at radius 2 is 0.913 bits per heavy atom. The second-order valence-electron chi connectivity index (χ2n) is 10.3. The van der Waals surface area contributed by atoms with E-state index in [1.165, 1.54) is 0 Å². The molecule has 4 heterocycles. The molecule has 2 aromatic carbocycles. The van der Waals surface area contributed by atoms with E-state index in [4.69, 9.17) is 41.7 Å². The maximum Gasteiger partial charge on any atom is 2.00 e. The molecule has 46 heavy (non-hydrogen) atoms. The first-order valence-electron chi connectivity index (χ1n) is 13.4. The zero-order valence-corrected chi connectivity index (χ0v) is 26.6. The monoisotopic (exact) mass is 741 g/mol. The van der Waals surface area contributed by atoms with Crippen LogP contribution in [-0.2, 0) is 39.7 Å². The normalized spacial score (nSPS) is 19.9. The fourth-order valence-corrected chi connectivity index (χ4v) is 5.26. The maximum absolute atomic E-state index is 11.5. The number of hydrogen-bond acceptors (Lipinski definition) is 15. The number of aliphatic carboxylic acids is 2. The summed E-state index contributed by atoms with van der Waals surface area (Å²) >= 11 is 0. The van der Waals surface area contributed by atoms with E-state index in [1.807, 2.05) is 9.80 Å². The van der Waals surface area contributed by atoms with Gasteiger partial charge in [-0.25, -0.2) is 37.3 Å². The number of para-hydroxylation sites is 2. The minimum absolute atomic E-state index is 0. The van der Waals surface area contributed by atoms with Gasteiger partial charge in [-0.05, 0) is 0 Å². The van der Waals surface area contributed by atoms with Crippen molar-refractivity contribution < 1.29 is 99.0 Å². The first-order valence-corrected chi connectivity index (χ1v) is 15.9. The zero-order valence-electron chi connectivity index (χ0n) is 24.2. The van der Waals surface area contributed by atoms with Crippen molar-refractivity contribution in [2.75, 3.05) is 65.4 Å². The smallest absolute Gasteiger partial charge is 0.480 e. The van der Waals surface area contributed by atoms with Crippen LogP contribution in [0.1, 0.15) is 11.1 Å². The number of fused-ring (bicyclic) bond motifs is 9. The molecule has 0 amide bonds. The molecule has 259 valence electrons. The molecule has 4 bridgehead atoms. The van der Waals surface area contributed by atoms with Crippen LogP contribution in [0.15, 0.2) is 40.8 Å². The van der Waals surface area contributed by atoms with Crippen molar-refractivity contribution in [2.45, 2.75) is 13.1 Å². The molecule has 3 aliphatic rings. The summed E-state index contributed by atoms with van der Waals surface area (Å²) in [5, 5.41) is 21.2. The van der Waals surface area contributed by atoms with Gasteiger partial charge in [-0.15, -0.1) is 20.5 Å². The van der Waals surface area contributed by atoms with Crippen LogP contribution in [0.5, 0.6) is 0 Å². The van der Waals surface area contributed by atoms with E-state index >= 15 is 0 Å². The third kappa shape index (κ3) is 14.3. The van der Waals surface area contributed by atoms with Crippen LogP contribution in [-0.4, -0.2) is 107 Å². The molecule has 3 aliphatic heterocycles. The number of rotatable bonds is 4. The molecule has 20 heteroatoms. The van der Waals surface area contributed by atoms with Crippen molar-refractivity contribution in [3.05, 3.63) is 47.5 Å². The fourth-order valence-electron chi connectivity index (χ4n) is 5.26. The molecule has 1 radical (unpaired) electrons. The van der Waals surface area contributed by atoms with Crippen LogP contribution in [0.2, 0.25) is 0 Å². The molecule has 3 aromatic rings. The average Bonchev–Trinajstić information content (AvgIpc) is 3.28. The standard InChI is InChI=1S/C26H32N4O5.2ClHO4.Cu/c31-23(32)17-29-11-7-27-8-12-30(18-24(33)34)14-10-28(9-13-29)16-20-4-2-6-22-21-5-1-3-19(15-27)25(21)35-26(20)22;2*2-1(3,4)5;/h1-6H,7-18H2,(H,31,32)(H,33,34);2*(H,2,3,4,5);/q;;;+2/p-2. The summed E-state index contributed by atoms with van der Waals surface area (Å²) in [6.45, 7) is 6.62. The topological polar surface area (TPSA) is 285 Å². The Morgan fingerprint density at radius 1 is 0.609 bits per heavy atom. The minimum Gasteiger partial charge on any atom is -0.480 e. The predicted molar refractivity (Wildman–Crippen MR) is 132 cm³/mol. The van der Waals surface area contributed by atoms with Gasteiger partial charge in [-0.1, -0.05) is 36.4 Å². The number of carboxylic acids is 2. The van der Waals surface area contributed by atoms with Crippen LogP contribution < -0.4 is 37.3 Å². The predicted octanol–water partition coefficient (Wildman–Crippen LogP) is -7.52. The average molecular weight is 743 g/mol. The molecule has 2 N–H and O–H groups in total. The molecule has 0 aliphatic carbocycles. The van der Waals surface area contributed by atoms with Gasteiger partial charge < -0.3 is 14.6 Å². The summed E-state index contributed by atoms with van der Waals surface area (Å²) in [5.74, 6) is -1.64. The van der Waals surface area contributed by atoms with Gasteiger partial charge in [0.1, 0.15) is 11.2 Å². The van der Waals surface area contributed by atoms with Crippen molar-refractivity contribution in [2.24, 2.45) is 0 Å². The van der Waals surface area contributed by atoms with Crippen LogP contribution in [0, 0.1) is 20.5 Å². The van der Waals surface area contributed by atoms with E-state index in [0.717, 1.165) is 33.1 Å². The molecule has 1 fully saturated rings. The van der Waals surface area contributed by atoms with Gasteiger partial charge in [-0.2, -0.15) is 0 Å². The van der Waals surface area contributed by atoms with Gasteiger partial charge in [0, 0.05) is 87.3 Å². The Bertz CT molecular complexity index is 1300. The Balaban J connectivity index is 0.000000586. The summed E-state index contributed by atoms with van der Waals surface area (Å²) in [6.07, 6.45) is 0. The van der Waals surface area contributed by atoms with Crippen molar-refractivity contribution >= 4 is 33.9 Å². The van der Waals surface area contributed by atoms with Crippen LogP contribution in [0.3, 0.4) is 0 Å². The van der Waals surface area contributed by atoms with E-state index in [-0.39, 0.29) is 30.2 Å². The summed E-state index contributed by atoms with van der Waals surface area (Å²) in [4.78, 5) is 31.7. The number of carboxylic acid groups (broad SMARTS) is 2. The van der Waals surface area contributed by atoms with E-state index in [2.05, 4.69) is 46.2 Å². The van der Waals surface area contributed by atoms with Gasteiger partial charge >= 0.3 is 29.0 Å². The molecule has 1 aromatic heterocycles. The van der Waals surface area contributed by atoms with E-state index in [1.54, 1.807) is 0 Å². The number of halogens is 2. The molecule has 0 atom stereocenters. The van der Waals surface area contributed by atoms with E-state index in [9.17, 15) is 19.8 Å². The van der Waals surface area contributed by atoms with Crippen molar-refractivity contribution in [3.8, 4) is 0 Å². The van der Waals surface area contributed by atoms with Crippen LogP contribution >= 0.6 is 0 Å². The number of benzene rings is 2. The van der Waals surface area contributed by atoms with Crippen molar-refractivity contribution in [1.29, 1.82) is 0 Å². The molecule has 1 saturated heterocycles. The van der Waals surface area contributed by atoms with Gasteiger partial charge in [0.15, 0.2) is 0 Å². The Hall–Kier alpha value is -2.20. The summed E-state index contributed by atoms with van der Waals surface area (Å²) in [7, 11) is -9.89. The van der Waals surface area contributed by atoms with Gasteiger partial charge in [-0.3, -0.25) is 29.2 Å².